The Morgan fingerprint density at radius 2 is 2.21 bits per heavy atom. The smallest absolute Gasteiger partial charge is 0.307 e. The monoisotopic (exact) mass is 194 g/mol. The van der Waals surface area contributed by atoms with Gasteiger partial charge in [-0.3, -0.25) is 4.79 Å². The van der Waals surface area contributed by atoms with Crippen molar-refractivity contribution in [3.05, 3.63) is 35.4 Å². The summed E-state index contributed by atoms with van der Waals surface area (Å²) in [6.45, 7) is 0. The van der Waals surface area contributed by atoms with Crippen LogP contribution in [0.1, 0.15) is 24.0 Å². The molecule has 2 nitrogen and oxygen atoms in total. The van der Waals surface area contributed by atoms with Crippen LogP contribution in [-0.4, -0.2) is 11.1 Å². The molecule has 0 aliphatic heterocycles. The van der Waals surface area contributed by atoms with Gasteiger partial charge in [0.15, 0.2) is 0 Å². The van der Waals surface area contributed by atoms with Crippen LogP contribution in [0, 0.1) is 0 Å². The van der Waals surface area contributed by atoms with Crippen molar-refractivity contribution in [1.82, 2.24) is 0 Å². The average Bonchev–Trinajstić information content (AvgIpc) is 2.84. The summed E-state index contributed by atoms with van der Waals surface area (Å²) in [5.74, 6) is -0.883. The normalized spacial score (nSPS) is 17.8. The molecule has 74 valence electrons. The minimum Gasteiger partial charge on any atom is -0.481 e. The van der Waals surface area contributed by atoms with Gasteiger partial charge in [-0.2, -0.15) is 0 Å². The van der Waals surface area contributed by atoms with E-state index >= 15 is 0 Å². The Labute approximate surface area is 81.4 Å². The van der Waals surface area contributed by atoms with Crippen LogP contribution in [0.25, 0.3) is 0 Å². The number of carbonyl (C=O) groups is 1. The van der Waals surface area contributed by atoms with Gasteiger partial charge in [0, 0.05) is 0 Å². The summed E-state index contributed by atoms with van der Waals surface area (Å²) >= 11 is 0. The maximum absolute atomic E-state index is 13.6. The molecule has 0 amide bonds. The molecule has 0 saturated heterocycles. The summed E-state index contributed by atoms with van der Waals surface area (Å²) in [5, 5.41) is 8.58. The van der Waals surface area contributed by atoms with Crippen molar-refractivity contribution in [3.63, 3.8) is 0 Å². The fourth-order valence-corrected chi connectivity index (χ4v) is 1.53. The zero-order chi connectivity index (χ0) is 10.2. The molecule has 3 heteroatoms. The maximum Gasteiger partial charge on any atom is 0.307 e. The zero-order valence-corrected chi connectivity index (χ0v) is 7.66. The van der Waals surface area contributed by atoms with Gasteiger partial charge in [0.1, 0.15) is 5.67 Å². The minimum atomic E-state index is -1.17. The third-order valence-corrected chi connectivity index (χ3v) is 2.49. The van der Waals surface area contributed by atoms with Gasteiger partial charge < -0.3 is 5.11 Å². The highest BCUT2D eigenvalue weighted by Gasteiger charge is 2.44. The summed E-state index contributed by atoms with van der Waals surface area (Å²) < 4.78 is 13.6. The van der Waals surface area contributed by atoms with Crippen LogP contribution in [0.4, 0.5) is 4.39 Å². The van der Waals surface area contributed by atoms with Crippen molar-refractivity contribution in [1.29, 1.82) is 0 Å². The molecule has 1 aromatic carbocycles. The van der Waals surface area contributed by atoms with E-state index in [9.17, 15) is 9.18 Å². The number of hydrogen-bond acceptors (Lipinski definition) is 1. The second kappa shape index (κ2) is 3.08. The fourth-order valence-electron chi connectivity index (χ4n) is 1.53. The zero-order valence-electron chi connectivity index (χ0n) is 7.66. The van der Waals surface area contributed by atoms with Gasteiger partial charge >= 0.3 is 5.97 Å². The van der Waals surface area contributed by atoms with Crippen LogP contribution in [0.3, 0.4) is 0 Å². The van der Waals surface area contributed by atoms with Crippen molar-refractivity contribution >= 4 is 5.97 Å². The van der Waals surface area contributed by atoms with E-state index in [1.807, 2.05) is 0 Å². The number of rotatable bonds is 3. The lowest BCUT2D eigenvalue weighted by Crippen LogP contribution is -2.03. The van der Waals surface area contributed by atoms with E-state index in [0.717, 1.165) is 0 Å². The molecule has 0 unspecified atom stereocenters. The topological polar surface area (TPSA) is 37.3 Å². The van der Waals surface area contributed by atoms with Gasteiger partial charge in [-0.25, -0.2) is 4.39 Å². The highest BCUT2D eigenvalue weighted by Crippen LogP contribution is 2.49. The predicted octanol–water partition coefficient (Wildman–Crippen LogP) is 2.27. The molecule has 14 heavy (non-hydrogen) atoms. The van der Waals surface area contributed by atoms with Gasteiger partial charge in [-0.1, -0.05) is 24.3 Å². The van der Waals surface area contributed by atoms with Gasteiger partial charge in [-0.05, 0) is 24.0 Å². The van der Waals surface area contributed by atoms with Crippen molar-refractivity contribution in [2.24, 2.45) is 0 Å². The number of carboxylic acid groups (broad SMARTS) is 1. The summed E-state index contributed by atoms with van der Waals surface area (Å²) in [7, 11) is 0. The molecule has 0 aromatic heterocycles. The minimum absolute atomic E-state index is 0.0378. The number of halogens is 1. The molecule has 0 radical (unpaired) electrons. The molecule has 2 rings (SSSR count). The Kier molecular flexibility index (Phi) is 2.02. The Balaban J connectivity index is 2.23. The lowest BCUT2D eigenvalue weighted by Gasteiger charge is -2.06. The highest BCUT2D eigenvalue weighted by atomic mass is 19.1. The molecule has 1 saturated carbocycles. The van der Waals surface area contributed by atoms with E-state index in [4.69, 9.17) is 5.11 Å². The van der Waals surface area contributed by atoms with Crippen LogP contribution in [0.5, 0.6) is 0 Å². The van der Waals surface area contributed by atoms with E-state index < -0.39 is 11.6 Å². The van der Waals surface area contributed by atoms with E-state index in [2.05, 4.69) is 0 Å². The second-order valence-electron chi connectivity index (χ2n) is 3.74. The molecule has 1 N–H and O–H groups in total. The van der Waals surface area contributed by atoms with Gasteiger partial charge in [0.2, 0.25) is 0 Å². The van der Waals surface area contributed by atoms with Crippen LogP contribution < -0.4 is 0 Å². The predicted molar refractivity (Wildman–Crippen MR) is 49.8 cm³/mol. The van der Waals surface area contributed by atoms with E-state index in [-0.39, 0.29) is 6.42 Å². The second-order valence-corrected chi connectivity index (χ2v) is 3.74. The Hall–Kier alpha value is -1.38. The van der Waals surface area contributed by atoms with Gasteiger partial charge in [0.25, 0.3) is 0 Å². The molecule has 1 aromatic rings. The molecular weight excluding hydrogens is 183 g/mol. The quantitative estimate of drug-likeness (QED) is 0.801. The summed E-state index contributed by atoms with van der Waals surface area (Å²) in [6.07, 6.45) is 1.08. The van der Waals surface area contributed by atoms with Crippen LogP contribution in [-0.2, 0) is 16.9 Å². The summed E-state index contributed by atoms with van der Waals surface area (Å²) in [6, 6.07) is 6.80. The largest absolute Gasteiger partial charge is 0.481 e. The van der Waals surface area contributed by atoms with Crippen molar-refractivity contribution < 1.29 is 14.3 Å². The number of aliphatic carboxylic acids is 1. The van der Waals surface area contributed by atoms with E-state index in [1.54, 1.807) is 24.3 Å². The maximum atomic E-state index is 13.6. The van der Waals surface area contributed by atoms with Gasteiger partial charge in [-0.15, -0.1) is 0 Å². The molecular formula is C11H11FO2. The first kappa shape index (κ1) is 9.19. The molecule has 1 aliphatic carbocycles. The SMILES string of the molecule is O=C(O)Cc1cccc(C2(F)CC2)c1. The number of benzene rings is 1. The lowest BCUT2D eigenvalue weighted by atomic mass is 10.0. The standard InChI is InChI=1S/C11H11FO2/c12-11(4-5-11)9-3-1-2-8(6-9)7-10(13)14/h1-3,6H,4-5,7H2,(H,13,14). The average molecular weight is 194 g/mol. The van der Waals surface area contributed by atoms with Crippen molar-refractivity contribution in [3.8, 4) is 0 Å². The molecule has 1 fully saturated rings. The van der Waals surface area contributed by atoms with Crippen LogP contribution in [0.15, 0.2) is 24.3 Å². The van der Waals surface area contributed by atoms with Crippen LogP contribution in [0.2, 0.25) is 0 Å². The number of carboxylic acids is 1. The van der Waals surface area contributed by atoms with Gasteiger partial charge in [0.05, 0.1) is 6.42 Å². The molecule has 0 atom stereocenters. The Morgan fingerprint density at radius 1 is 1.50 bits per heavy atom. The first-order chi connectivity index (χ1) is 6.60. The van der Waals surface area contributed by atoms with Crippen LogP contribution >= 0.6 is 0 Å². The van der Waals surface area contributed by atoms with E-state index in [1.165, 1.54) is 0 Å². The first-order valence-corrected chi connectivity index (χ1v) is 4.60. The summed E-state index contributed by atoms with van der Waals surface area (Å²) in [5.41, 5.74) is 0.115. The fraction of sp³-hybridized carbons (Fsp3) is 0.364. The number of alkyl halides is 1. The highest BCUT2D eigenvalue weighted by molar-refractivity contribution is 5.70. The van der Waals surface area contributed by atoms with Crippen molar-refractivity contribution in [2.75, 3.05) is 0 Å². The number of hydrogen-bond donors (Lipinski definition) is 1. The third kappa shape index (κ3) is 1.76. The molecule has 1 aliphatic rings. The van der Waals surface area contributed by atoms with Crippen molar-refractivity contribution in [2.45, 2.75) is 24.9 Å². The Bertz CT molecular complexity index is 369. The first-order valence-electron chi connectivity index (χ1n) is 4.60. The molecule has 0 heterocycles. The van der Waals surface area contributed by atoms with E-state index in [0.29, 0.717) is 24.0 Å². The molecule has 0 spiro atoms. The Morgan fingerprint density at radius 3 is 2.79 bits per heavy atom. The molecule has 0 bridgehead atoms. The summed E-state index contributed by atoms with van der Waals surface area (Å²) in [4.78, 5) is 10.5. The lowest BCUT2D eigenvalue weighted by molar-refractivity contribution is -0.136. The third-order valence-electron chi connectivity index (χ3n) is 2.49.